The Kier molecular flexibility index (Phi) is 2.84. The molecule has 3 nitrogen and oxygen atoms in total. The van der Waals surface area contributed by atoms with E-state index in [-0.39, 0.29) is 0 Å². The quantitative estimate of drug-likeness (QED) is 0.610. The van der Waals surface area contributed by atoms with Gasteiger partial charge in [0.25, 0.3) is 0 Å². The highest BCUT2D eigenvalue weighted by atomic mass is 32.2. The second kappa shape index (κ2) is 4.28. The van der Waals surface area contributed by atoms with Crippen LogP contribution in [0.4, 0.5) is 0 Å². The van der Waals surface area contributed by atoms with Crippen molar-refractivity contribution in [1.29, 1.82) is 0 Å². The van der Waals surface area contributed by atoms with Crippen LogP contribution in [0.2, 0.25) is 0 Å². The molecule has 72 valence electrons. The number of imidazole rings is 1. The second-order valence-electron chi connectivity index (χ2n) is 3.06. The van der Waals surface area contributed by atoms with Crippen LogP contribution in [-0.4, -0.2) is 9.97 Å². The molecule has 0 aliphatic carbocycles. The van der Waals surface area contributed by atoms with Crippen LogP contribution in [0, 0.1) is 0 Å². The second-order valence-corrected chi connectivity index (χ2v) is 4.11. The Balaban J connectivity index is 1.95. The van der Waals surface area contributed by atoms with Gasteiger partial charge in [-0.3, -0.25) is 0 Å². The maximum absolute atomic E-state index is 3.98. The van der Waals surface area contributed by atoms with E-state index >= 15 is 0 Å². The zero-order valence-electron chi connectivity index (χ0n) is 7.97. The zero-order chi connectivity index (χ0) is 9.80. The maximum atomic E-state index is 3.98. The summed E-state index contributed by atoms with van der Waals surface area (Å²) in [6.45, 7) is 0. The van der Waals surface area contributed by atoms with Crippen LogP contribution in [-0.2, 0) is 12.8 Å². The number of aryl methyl sites for hydroxylation is 1. The van der Waals surface area contributed by atoms with Crippen molar-refractivity contribution in [2.24, 2.45) is 7.05 Å². The minimum atomic E-state index is 0.938. The van der Waals surface area contributed by atoms with E-state index in [9.17, 15) is 0 Å². The third-order valence-electron chi connectivity index (χ3n) is 1.90. The third-order valence-corrected chi connectivity index (χ3v) is 2.96. The first kappa shape index (κ1) is 9.27. The van der Waals surface area contributed by atoms with Gasteiger partial charge in [0.2, 0.25) is 0 Å². The molecular formula is C10H12N3S+. The van der Waals surface area contributed by atoms with Gasteiger partial charge >= 0.3 is 0 Å². The molecular weight excluding hydrogens is 194 g/mol. The number of nitrogens with one attached hydrogen (secondary N) is 1. The van der Waals surface area contributed by atoms with Gasteiger partial charge in [-0.2, -0.15) is 0 Å². The summed E-state index contributed by atoms with van der Waals surface area (Å²) >= 11 is 1.80. The maximum Gasteiger partial charge on any atom is 0.169 e. The summed E-state index contributed by atoms with van der Waals surface area (Å²) in [4.78, 5) is 8.33. The van der Waals surface area contributed by atoms with Gasteiger partial charge in [0.05, 0.1) is 6.33 Å². The SMILES string of the molecule is C[n+]1ccc(SCc2cnc[nH]2)cc1. The lowest BCUT2D eigenvalue weighted by Crippen LogP contribution is -2.25. The van der Waals surface area contributed by atoms with E-state index in [2.05, 4.69) is 34.5 Å². The fourth-order valence-electron chi connectivity index (χ4n) is 1.11. The highest BCUT2D eigenvalue weighted by molar-refractivity contribution is 7.98. The van der Waals surface area contributed by atoms with E-state index in [1.807, 2.05) is 17.8 Å². The van der Waals surface area contributed by atoms with Crippen molar-refractivity contribution in [3.63, 3.8) is 0 Å². The number of aromatic amines is 1. The van der Waals surface area contributed by atoms with E-state index < -0.39 is 0 Å². The number of rotatable bonds is 3. The average molecular weight is 206 g/mol. The smallest absolute Gasteiger partial charge is 0.169 e. The Bertz CT molecular complexity index is 380. The molecule has 2 aromatic heterocycles. The van der Waals surface area contributed by atoms with Crippen molar-refractivity contribution in [3.8, 4) is 0 Å². The number of hydrogen-bond donors (Lipinski definition) is 1. The summed E-state index contributed by atoms with van der Waals surface area (Å²) in [5, 5.41) is 0. The molecule has 1 N–H and O–H groups in total. The van der Waals surface area contributed by atoms with Gasteiger partial charge in [0.15, 0.2) is 12.4 Å². The molecule has 2 heterocycles. The number of thioether (sulfide) groups is 1. The molecule has 0 radical (unpaired) electrons. The van der Waals surface area contributed by atoms with Crippen LogP contribution in [0.25, 0.3) is 0 Å². The van der Waals surface area contributed by atoms with Crippen molar-refractivity contribution in [1.82, 2.24) is 9.97 Å². The van der Waals surface area contributed by atoms with Crippen molar-refractivity contribution >= 4 is 11.8 Å². The minimum absolute atomic E-state index is 0.938. The molecule has 0 spiro atoms. The Hall–Kier alpha value is -1.29. The molecule has 4 heteroatoms. The average Bonchev–Trinajstić information content (AvgIpc) is 2.70. The van der Waals surface area contributed by atoms with Gasteiger partial charge < -0.3 is 4.98 Å². The van der Waals surface area contributed by atoms with Crippen molar-refractivity contribution in [2.75, 3.05) is 0 Å². The molecule has 0 aliphatic heterocycles. The minimum Gasteiger partial charge on any atom is -0.348 e. The highest BCUT2D eigenvalue weighted by Gasteiger charge is 1.98. The first-order valence-electron chi connectivity index (χ1n) is 4.40. The lowest BCUT2D eigenvalue weighted by Gasteiger charge is -1.97. The number of aromatic nitrogens is 3. The van der Waals surface area contributed by atoms with Crippen LogP contribution < -0.4 is 4.57 Å². The first-order chi connectivity index (χ1) is 6.84. The molecule has 0 unspecified atom stereocenters. The standard InChI is InChI=1S/C10H12N3S/c1-13-4-2-10(3-5-13)14-7-9-6-11-8-12-9/h2-6,8H,7H2,1H3,(H,11,12)/q+1. The summed E-state index contributed by atoms with van der Waals surface area (Å²) in [6, 6.07) is 4.22. The van der Waals surface area contributed by atoms with Crippen LogP contribution in [0.3, 0.4) is 0 Å². The van der Waals surface area contributed by atoms with Gasteiger partial charge in [-0.1, -0.05) is 0 Å². The van der Waals surface area contributed by atoms with Gasteiger partial charge in [-0.15, -0.1) is 11.8 Å². The van der Waals surface area contributed by atoms with Crippen LogP contribution >= 0.6 is 11.8 Å². The van der Waals surface area contributed by atoms with Gasteiger partial charge in [-0.05, 0) is 0 Å². The molecule has 0 atom stereocenters. The highest BCUT2D eigenvalue weighted by Crippen LogP contribution is 2.19. The lowest BCUT2D eigenvalue weighted by molar-refractivity contribution is -0.671. The number of pyridine rings is 1. The van der Waals surface area contributed by atoms with E-state index in [0.717, 1.165) is 11.4 Å². The van der Waals surface area contributed by atoms with Crippen molar-refractivity contribution < 1.29 is 4.57 Å². The molecule has 0 saturated carbocycles. The topological polar surface area (TPSA) is 32.6 Å². The fraction of sp³-hybridized carbons (Fsp3) is 0.200. The zero-order valence-corrected chi connectivity index (χ0v) is 8.79. The van der Waals surface area contributed by atoms with E-state index in [0.29, 0.717) is 0 Å². The van der Waals surface area contributed by atoms with Crippen LogP contribution in [0.1, 0.15) is 5.69 Å². The summed E-state index contributed by atoms with van der Waals surface area (Å²) in [5.74, 6) is 0.938. The number of hydrogen-bond acceptors (Lipinski definition) is 2. The van der Waals surface area contributed by atoms with Gasteiger partial charge in [0, 0.05) is 34.7 Å². The summed E-state index contributed by atoms with van der Waals surface area (Å²) in [5.41, 5.74) is 1.16. The predicted molar refractivity (Wildman–Crippen MR) is 55.8 cm³/mol. The van der Waals surface area contributed by atoms with E-state index in [4.69, 9.17) is 0 Å². The van der Waals surface area contributed by atoms with Gasteiger partial charge in [0.1, 0.15) is 7.05 Å². The molecule has 0 aliphatic rings. The Morgan fingerprint density at radius 1 is 1.43 bits per heavy atom. The molecule has 0 saturated heterocycles. The summed E-state index contributed by atoms with van der Waals surface area (Å²) in [6.07, 6.45) is 7.67. The van der Waals surface area contributed by atoms with Crippen molar-refractivity contribution in [2.45, 2.75) is 10.6 Å². The normalized spacial score (nSPS) is 10.4. The van der Waals surface area contributed by atoms with Crippen molar-refractivity contribution in [3.05, 3.63) is 42.7 Å². The molecule has 2 rings (SSSR count). The van der Waals surface area contributed by atoms with Gasteiger partial charge in [-0.25, -0.2) is 9.55 Å². The first-order valence-corrected chi connectivity index (χ1v) is 5.38. The molecule has 0 bridgehead atoms. The molecule has 0 amide bonds. The Morgan fingerprint density at radius 3 is 2.86 bits per heavy atom. The Morgan fingerprint density at radius 2 is 2.21 bits per heavy atom. The molecule has 2 aromatic rings. The third kappa shape index (κ3) is 2.35. The number of nitrogens with zero attached hydrogens (tertiary/aromatic N) is 2. The summed E-state index contributed by atoms with van der Waals surface area (Å²) < 4.78 is 2.03. The van der Waals surface area contributed by atoms with Crippen LogP contribution in [0.5, 0.6) is 0 Å². The predicted octanol–water partition coefficient (Wildman–Crippen LogP) is 1.53. The van der Waals surface area contributed by atoms with E-state index in [1.165, 1.54) is 4.90 Å². The van der Waals surface area contributed by atoms with E-state index in [1.54, 1.807) is 18.1 Å². The molecule has 0 fully saturated rings. The fourth-order valence-corrected chi connectivity index (χ4v) is 1.90. The largest absolute Gasteiger partial charge is 0.348 e. The summed E-state index contributed by atoms with van der Waals surface area (Å²) in [7, 11) is 2.02. The number of H-pyrrole nitrogens is 1. The molecule has 14 heavy (non-hydrogen) atoms. The lowest BCUT2D eigenvalue weighted by atomic mass is 10.5. The molecule has 0 aromatic carbocycles. The van der Waals surface area contributed by atoms with Crippen LogP contribution in [0.15, 0.2) is 41.9 Å². The monoisotopic (exact) mass is 206 g/mol. The Labute approximate surface area is 87.2 Å².